The minimum Gasteiger partial charge on any atom is -0.478 e. The Morgan fingerprint density at radius 3 is 2.39 bits per heavy atom. The standard InChI is InChI=1S/C20H20N2O6/c1-21(2)11-16(18(23)13-28-12-14-7-4-3-5-8-14)19-15(20(24)25)9-6-10-17(19)22(26)27/h3-11H,12-13H2,1-2H3,(H,24,25)/b16-11+. The number of carboxylic acids is 1. The van der Waals surface area contributed by atoms with E-state index < -0.39 is 22.4 Å². The van der Waals surface area contributed by atoms with Crippen LogP contribution in [-0.4, -0.2) is 47.4 Å². The molecular weight excluding hydrogens is 364 g/mol. The molecule has 0 radical (unpaired) electrons. The zero-order chi connectivity index (χ0) is 20.7. The van der Waals surface area contributed by atoms with Crippen molar-refractivity contribution in [3.8, 4) is 0 Å². The molecule has 0 spiro atoms. The number of Topliss-reactive ketones (excluding diaryl/α,β-unsaturated/α-hetero) is 1. The average Bonchev–Trinajstić information content (AvgIpc) is 2.66. The lowest BCUT2D eigenvalue weighted by Crippen LogP contribution is -2.17. The first-order chi connectivity index (χ1) is 13.3. The molecule has 0 bridgehead atoms. The monoisotopic (exact) mass is 384 g/mol. The van der Waals surface area contributed by atoms with Crippen LogP contribution in [0.1, 0.15) is 21.5 Å². The van der Waals surface area contributed by atoms with E-state index >= 15 is 0 Å². The Hall–Kier alpha value is -3.52. The lowest BCUT2D eigenvalue weighted by molar-refractivity contribution is -0.385. The summed E-state index contributed by atoms with van der Waals surface area (Å²) < 4.78 is 5.44. The van der Waals surface area contributed by atoms with Crippen molar-refractivity contribution in [1.29, 1.82) is 0 Å². The van der Waals surface area contributed by atoms with E-state index in [1.807, 2.05) is 30.3 Å². The third kappa shape index (κ3) is 5.24. The number of nitrogens with zero attached hydrogens (tertiary/aromatic N) is 2. The number of carbonyl (C=O) groups is 2. The van der Waals surface area contributed by atoms with E-state index in [0.29, 0.717) is 0 Å². The quantitative estimate of drug-likeness (QED) is 0.402. The Kier molecular flexibility index (Phi) is 7.00. The first-order valence-electron chi connectivity index (χ1n) is 8.35. The van der Waals surface area contributed by atoms with Crippen LogP contribution in [0.3, 0.4) is 0 Å². The SMILES string of the molecule is CN(C)/C=C(\C(=O)COCc1ccccc1)c1c(C(=O)O)cccc1[N+](=O)[O-]. The molecule has 2 rings (SSSR count). The van der Waals surface area contributed by atoms with E-state index in [2.05, 4.69) is 0 Å². The molecule has 8 nitrogen and oxygen atoms in total. The number of nitro groups is 1. The molecule has 0 unspecified atom stereocenters. The van der Waals surface area contributed by atoms with Crippen LogP contribution in [-0.2, 0) is 16.1 Å². The number of hydrogen-bond donors (Lipinski definition) is 1. The minimum atomic E-state index is -1.36. The number of nitro benzene ring substituents is 1. The Morgan fingerprint density at radius 1 is 1.14 bits per heavy atom. The van der Waals surface area contributed by atoms with E-state index in [1.165, 1.54) is 29.3 Å². The largest absolute Gasteiger partial charge is 0.478 e. The number of rotatable bonds is 9. The van der Waals surface area contributed by atoms with Crippen LogP contribution in [0.5, 0.6) is 0 Å². The average molecular weight is 384 g/mol. The van der Waals surface area contributed by atoms with Gasteiger partial charge in [-0.05, 0) is 11.6 Å². The molecule has 0 aliphatic rings. The number of carbonyl (C=O) groups excluding carboxylic acids is 1. The summed E-state index contributed by atoms with van der Waals surface area (Å²) in [7, 11) is 3.26. The van der Waals surface area contributed by atoms with Gasteiger partial charge in [-0.25, -0.2) is 4.79 Å². The fraction of sp³-hybridized carbons (Fsp3) is 0.200. The normalized spacial score (nSPS) is 11.1. The molecule has 0 saturated heterocycles. The van der Waals surface area contributed by atoms with Crippen molar-refractivity contribution in [2.24, 2.45) is 0 Å². The molecule has 0 amide bonds. The second-order valence-corrected chi connectivity index (χ2v) is 6.17. The topological polar surface area (TPSA) is 110 Å². The molecular formula is C20H20N2O6. The van der Waals surface area contributed by atoms with Crippen molar-refractivity contribution in [2.45, 2.75) is 6.61 Å². The third-order valence-electron chi connectivity index (χ3n) is 3.77. The van der Waals surface area contributed by atoms with Crippen molar-refractivity contribution in [2.75, 3.05) is 20.7 Å². The first kappa shape index (κ1) is 20.8. The second kappa shape index (κ2) is 9.43. The van der Waals surface area contributed by atoms with Crippen LogP contribution >= 0.6 is 0 Å². The number of carboxylic acid groups (broad SMARTS) is 1. The number of benzene rings is 2. The van der Waals surface area contributed by atoms with Crippen molar-refractivity contribution >= 4 is 23.0 Å². The molecule has 0 aliphatic heterocycles. The molecule has 0 atom stereocenters. The van der Waals surface area contributed by atoms with Gasteiger partial charge in [-0.15, -0.1) is 0 Å². The molecule has 28 heavy (non-hydrogen) atoms. The Balaban J connectivity index is 2.38. The number of aromatic carboxylic acids is 1. The number of ketones is 1. The molecule has 2 aromatic rings. The van der Waals surface area contributed by atoms with Crippen LogP contribution in [0.25, 0.3) is 5.57 Å². The predicted octanol–water partition coefficient (Wildman–Crippen LogP) is 2.98. The van der Waals surface area contributed by atoms with Crippen molar-refractivity contribution < 1.29 is 24.4 Å². The Labute approximate surface area is 161 Å². The Bertz CT molecular complexity index is 874. The van der Waals surface area contributed by atoms with Gasteiger partial charge in [0, 0.05) is 26.4 Å². The lowest BCUT2D eigenvalue weighted by Gasteiger charge is -2.14. The smallest absolute Gasteiger partial charge is 0.336 e. The van der Waals surface area contributed by atoms with Crippen LogP contribution in [0.4, 0.5) is 5.69 Å². The van der Waals surface area contributed by atoms with Gasteiger partial charge in [-0.3, -0.25) is 14.9 Å². The minimum absolute atomic E-state index is 0.0947. The summed E-state index contributed by atoms with van der Waals surface area (Å²) in [5, 5.41) is 20.9. The van der Waals surface area contributed by atoms with E-state index in [9.17, 15) is 24.8 Å². The van der Waals surface area contributed by atoms with Crippen LogP contribution in [0.2, 0.25) is 0 Å². The second-order valence-electron chi connectivity index (χ2n) is 6.17. The van der Waals surface area contributed by atoms with Gasteiger partial charge in [0.25, 0.3) is 5.69 Å². The van der Waals surface area contributed by atoms with Gasteiger partial charge in [0.1, 0.15) is 6.61 Å². The molecule has 0 fully saturated rings. The van der Waals surface area contributed by atoms with E-state index in [4.69, 9.17) is 4.74 Å². The maximum Gasteiger partial charge on any atom is 0.336 e. The third-order valence-corrected chi connectivity index (χ3v) is 3.77. The number of hydrogen-bond acceptors (Lipinski definition) is 6. The molecule has 0 aliphatic carbocycles. The molecule has 1 N–H and O–H groups in total. The maximum atomic E-state index is 12.8. The highest BCUT2D eigenvalue weighted by Crippen LogP contribution is 2.30. The van der Waals surface area contributed by atoms with E-state index in [0.717, 1.165) is 5.56 Å². The summed E-state index contributed by atoms with van der Waals surface area (Å²) in [6, 6.07) is 12.9. The van der Waals surface area contributed by atoms with Gasteiger partial charge >= 0.3 is 5.97 Å². The van der Waals surface area contributed by atoms with E-state index in [-0.39, 0.29) is 29.9 Å². The molecule has 0 saturated carbocycles. The van der Waals surface area contributed by atoms with Gasteiger partial charge in [0.15, 0.2) is 5.78 Å². The maximum absolute atomic E-state index is 12.8. The summed E-state index contributed by atoms with van der Waals surface area (Å²) in [5.74, 6) is -1.91. The van der Waals surface area contributed by atoms with Gasteiger partial charge in [-0.2, -0.15) is 0 Å². The first-order valence-corrected chi connectivity index (χ1v) is 8.35. The fourth-order valence-electron chi connectivity index (χ4n) is 2.60. The summed E-state index contributed by atoms with van der Waals surface area (Å²) in [5.41, 5.74) is -0.238. The van der Waals surface area contributed by atoms with E-state index in [1.54, 1.807) is 14.1 Å². The zero-order valence-electron chi connectivity index (χ0n) is 15.5. The molecule has 0 heterocycles. The van der Waals surface area contributed by atoms with Gasteiger partial charge < -0.3 is 14.7 Å². The van der Waals surface area contributed by atoms with Crippen molar-refractivity contribution in [3.05, 3.63) is 81.5 Å². The highest BCUT2D eigenvalue weighted by molar-refractivity contribution is 6.24. The molecule has 146 valence electrons. The van der Waals surface area contributed by atoms with Crippen LogP contribution < -0.4 is 0 Å². The van der Waals surface area contributed by atoms with Gasteiger partial charge in [0.2, 0.25) is 0 Å². The highest BCUT2D eigenvalue weighted by atomic mass is 16.6. The summed E-state index contributed by atoms with van der Waals surface area (Å²) in [4.78, 5) is 36.6. The highest BCUT2D eigenvalue weighted by Gasteiger charge is 2.28. The molecule has 2 aromatic carbocycles. The molecule has 0 aromatic heterocycles. The summed E-state index contributed by atoms with van der Waals surface area (Å²) >= 11 is 0. The lowest BCUT2D eigenvalue weighted by atomic mass is 9.95. The zero-order valence-corrected chi connectivity index (χ0v) is 15.5. The number of ether oxygens (including phenoxy) is 1. The van der Waals surface area contributed by atoms with Crippen molar-refractivity contribution in [3.63, 3.8) is 0 Å². The summed E-state index contributed by atoms with van der Waals surface area (Å²) in [6.07, 6.45) is 1.36. The van der Waals surface area contributed by atoms with Crippen LogP contribution in [0, 0.1) is 10.1 Å². The van der Waals surface area contributed by atoms with Gasteiger partial charge in [-0.1, -0.05) is 36.4 Å². The van der Waals surface area contributed by atoms with Gasteiger partial charge in [0.05, 0.1) is 28.2 Å². The summed E-state index contributed by atoms with van der Waals surface area (Å²) in [6.45, 7) is -0.163. The fourth-order valence-corrected chi connectivity index (χ4v) is 2.60. The predicted molar refractivity (Wildman–Crippen MR) is 103 cm³/mol. The molecule has 8 heteroatoms. The van der Waals surface area contributed by atoms with Crippen molar-refractivity contribution in [1.82, 2.24) is 4.90 Å². The Morgan fingerprint density at radius 2 is 1.82 bits per heavy atom. The van der Waals surface area contributed by atoms with Crippen LogP contribution in [0.15, 0.2) is 54.7 Å².